The van der Waals surface area contributed by atoms with Crippen LogP contribution in [-0.4, -0.2) is 108 Å². The zero-order valence-electron chi connectivity index (χ0n) is 30.4. The lowest BCUT2D eigenvalue weighted by atomic mass is 9.99. The summed E-state index contributed by atoms with van der Waals surface area (Å²) >= 11 is 0. The highest BCUT2D eigenvalue weighted by Crippen LogP contribution is 2.22. The molecule has 0 saturated carbocycles. The fraction of sp³-hybridized carbons (Fsp3) is 0.829. The number of nitrogens with one attached hydrogen (secondary N) is 2. The van der Waals surface area contributed by atoms with E-state index in [4.69, 9.17) is 0 Å². The normalized spacial score (nSPS) is 18.5. The molecular formula is C35H67N5O5. The van der Waals surface area contributed by atoms with Crippen LogP contribution in [0.4, 0.5) is 0 Å². The molecule has 45 heavy (non-hydrogen) atoms. The summed E-state index contributed by atoms with van der Waals surface area (Å²) in [5.41, 5.74) is 0.465. The van der Waals surface area contributed by atoms with Gasteiger partial charge in [-0.15, -0.1) is 0 Å². The van der Waals surface area contributed by atoms with E-state index in [0.717, 1.165) is 18.4 Å². The summed E-state index contributed by atoms with van der Waals surface area (Å²) in [4.78, 5) is 54.5. The number of piperidine rings is 1. The van der Waals surface area contributed by atoms with Crippen LogP contribution in [0.5, 0.6) is 0 Å². The fourth-order valence-corrected chi connectivity index (χ4v) is 5.49. The number of rotatable bonds is 13. The molecule has 3 N–H and O–H groups in total. The van der Waals surface area contributed by atoms with E-state index in [-0.39, 0.29) is 48.9 Å². The smallest absolute Gasteiger partial charge is 0.249 e. The predicted octanol–water partition coefficient (Wildman–Crippen LogP) is 4.22. The van der Waals surface area contributed by atoms with Crippen molar-refractivity contribution in [1.29, 1.82) is 0 Å². The maximum Gasteiger partial charge on any atom is 0.249 e. The molecule has 0 unspecified atom stereocenters. The molecule has 2 rings (SSSR count). The lowest BCUT2D eigenvalue weighted by Crippen LogP contribution is -2.50. The van der Waals surface area contributed by atoms with Crippen molar-refractivity contribution in [2.75, 3.05) is 39.8 Å². The van der Waals surface area contributed by atoms with Gasteiger partial charge in [-0.05, 0) is 83.7 Å². The summed E-state index contributed by atoms with van der Waals surface area (Å²) in [6, 6.07) is -0.466. The molecule has 2 saturated heterocycles. The molecule has 0 aromatic carbocycles. The topological polar surface area (TPSA) is 122 Å². The van der Waals surface area contributed by atoms with Crippen molar-refractivity contribution in [3.05, 3.63) is 11.6 Å². The predicted molar refractivity (Wildman–Crippen MR) is 183 cm³/mol. The average molecular weight is 638 g/mol. The Morgan fingerprint density at radius 1 is 0.933 bits per heavy atom. The van der Waals surface area contributed by atoms with Gasteiger partial charge in [0.2, 0.25) is 24.1 Å². The quantitative estimate of drug-likeness (QED) is 0.205. The van der Waals surface area contributed by atoms with E-state index in [2.05, 4.69) is 50.2 Å². The van der Waals surface area contributed by atoms with E-state index in [1.807, 2.05) is 27.7 Å². The second-order valence-corrected chi connectivity index (χ2v) is 14.2. The molecule has 2 aliphatic rings. The summed E-state index contributed by atoms with van der Waals surface area (Å²) in [5.74, 6) is 0.474. The number of aliphatic hydroxyl groups is 1. The van der Waals surface area contributed by atoms with Crippen molar-refractivity contribution in [3.8, 4) is 0 Å². The highest BCUT2D eigenvalue weighted by molar-refractivity contribution is 5.97. The Bertz CT molecular complexity index is 896. The minimum atomic E-state index is -0.569. The van der Waals surface area contributed by atoms with Crippen LogP contribution in [0, 0.1) is 17.8 Å². The molecule has 262 valence electrons. The Balaban J connectivity index is 0.00000123. The SMILES string of the molecule is C/C(=C\[C@H](C(C)C)N(C)C(=O)CNC=O)C(=O)N1CCC[C@H]1C(=O)N[C@@H](CO)CC(C)C.CC(C)C.CC(C)N1CCCCC1. The van der Waals surface area contributed by atoms with Gasteiger partial charge in [-0.2, -0.15) is 0 Å². The van der Waals surface area contributed by atoms with Crippen LogP contribution in [0.2, 0.25) is 0 Å². The summed E-state index contributed by atoms with van der Waals surface area (Å²) in [5, 5.41) is 14.8. The average Bonchev–Trinajstić information content (AvgIpc) is 3.47. The zero-order valence-corrected chi connectivity index (χ0v) is 30.4. The molecule has 2 fully saturated rings. The zero-order chi connectivity index (χ0) is 34.7. The molecule has 0 aromatic rings. The van der Waals surface area contributed by atoms with Gasteiger partial charge in [0.25, 0.3) is 0 Å². The molecule has 2 heterocycles. The second kappa shape index (κ2) is 23.0. The molecule has 0 radical (unpaired) electrons. The van der Waals surface area contributed by atoms with Crippen molar-refractivity contribution < 1.29 is 24.3 Å². The number of nitrogens with zero attached hydrogens (tertiary/aromatic N) is 3. The van der Waals surface area contributed by atoms with E-state index < -0.39 is 6.04 Å². The third-order valence-corrected chi connectivity index (χ3v) is 7.88. The molecule has 0 spiro atoms. The molecule has 2 aliphatic heterocycles. The third-order valence-electron chi connectivity index (χ3n) is 7.88. The number of likely N-dealkylation sites (tertiary alicyclic amines) is 2. The van der Waals surface area contributed by atoms with E-state index >= 15 is 0 Å². The fourth-order valence-electron chi connectivity index (χ4n) is 5.49. The van der Waals surface area contributed by atoms with E-state index in [1.165, 1.54) is 37.3 Å². The summed E-state index contributed by atoms with van der Waals surface area (Å²) in [6.07, 6.45) is 8.48. The van der Waals surface area contributed by atoms with Gasteiger partial charge in [0.15, 0.2) is 0 Å². The Labute approximate surface area is 274 Å². The molecule has 0 aromatic heterocycles. The van der Waals surface area contributed by atoms with Gasteiger partial charge in [-0.25, -0.2) is 0 Å². The van der Waals surface area contributed by atoms with Crippen molar-refractivity contribution in [2.24, 2.45) is 17.8 Å². The molecular weight excluding hydrogens is 570 g/mol. The first-order chi connectivity index (χ1) is 21.1. The Kier molecular flexibility index (Phi) is 21.7. The monoisotopic (exact) mass is 638 g/mol. The van der Waals surface area contributed by atoms with Crippen molar-refractivity contribution >= 4 is 24.1 Å². The first-order valence-electron chi connectivity index (χ1n) is 17.1. The van der Waals surface area contributed by atoms with Crippen LogP contribution in [0.3, 0.4) is 0 Å². The number of amides is 4. The number of hydrogen-bond acceptors (Lipinski definition) is 6. The van der Waals surface area contributed by atoms with E-state index in [1.54, 1.807) is 24.9 Å². The van der Waals surface area contributed by atoms with Crippen LogP contribution in [0.25, 0.3) is 0 Å². The highest BCUT2D eigenvalue weighted by atomic mass is 16.3. The number of hydrogen-bond donors (Lipinski definition) is 3. The van der Waals surface area contributed by atoms with Crippen molar-refractivity contribution in [3.63, 3.8) is 0 Å². The molecule has 0 aliphatic carbocycles. The standard InChI is InChI=1S/C23H40N4O5.C8H17N.C4H10/c1-15(2)10-18(13-28)25-22(31)19-8-7-9-27(19)23(32)17(5)11-20(16(3)4)26(6)21(30)12-24-14-29;1-8(2)9-6-4-3-5-7-9;1-4(2)3/h11,14-16,18-20,28H,7-10,12-13H2,1-6H3,(H,24,29)(H,25,31);8H,3-7H2,1-2H3;4H,1-3H3/b17-11+;;/t18-,19+,20-;;/m1../s1. The maximum absolute atomic E-state index is 13.2. The van der Waals surface area contributed by atoms with Crippen LogP contribution in [0.1, 0.15) is 108 Å². The minimum absolute atomic E-state index is 0.0435. The van der Waals surface area contributed by atoms with Gasteiger partial charge >= 0.3 is 0 Å². The first kappa shape index (κ1) is 42.5. The van der Waals surface area contributed by atoms with Gasteiger partial charge in [-0.3, -0.25) is 19.2 Å². The number of likely N-dealkylation sites (N-methyl/N-ethyl adjacent to an activating group) is 1. The van der Waals surface area contributed by atoms with E-state index in [9.17, 15) is 24.3 Å². The third kappa shape index (κ3) is 17.1. The molecule has 4 amide bonds. The Hall–Kier alpha value is -2.46. The van der Waals surface area contributed by atoms with Crippen LogP contribution < -0.4 is 10.6 Å². The van der Waals surface area contributed by atoms with Gasteiger partial charge in [0.05, 0.1) is 25.2 Å². The molecule has 10 heteroatoms. The van der Waals surface area contributed by atoms with Crippen LogP contribution >= 0.6 is 0 Å². The lowest BCUT2D eigenvalue weighted by molar-refractivity contribution is -0.136. The second-order valence-electron chi connectivity index (χ2n) is 14.2. The largest absolute Gasteiger partial charge is 0.394 e. The van der Waals surface area contributed by atoms with Crippen molar-refractivity contribution in [1.82, 2.24) is 25.3 Å². The van der Waals surface area contributed by atoms with E-state index in [0.29, 0.717) is 37.3 Å². The lowest BCUT2D eigenvalue weighted by Gasteiger charge is -2.31. The van der Waals surface area contributed by atoms with Gasteiger partial charge in [-0.1, -0.05) is 61.0 Å². The van der Waals surface area contributed by atoms with Crippen molar-refractivity contribution in [2.45, 2.75) is 132 Å². The number of carbonyl (C=O) groups excluding carboxylic acids is 4. The summed E-state index contributed by atoms with van der Waals surface area (Å²) in [7, 11) is 1.64. The minimum Gasteiger partial charge on any atom is -0.394 e. The summed E-state index contributed by atoms with van der Waals surface area (Å²) in [6.45, 7) is 23.6. The number of carbonyl (C=O) groups is 4. The maximum atomic E-state index is 13.2. The van der Waals surface area contributed by atoms with Crippen LogP contribution in [0.15, 0.2) is 11.6 Å². The molecule has 10 nitrogen and oxygen atoms in total. The summed E-state index contributed by atoms with van der Waals surface area (Å²) < 4.78 is 0. The highest BCUT2D eigenvalue weighted by Gasteiger charge is 2.35. The van der Waals surface area contributed by atoms with Gasteiger partial charge in [0, 0.05) is 25.2 Å². The Morgan fingerprint density at radius 2 is 1.51 bits per heavy atom. The van der Waals surface area contributed by atoms with Gasteiger partial charge in [0.1, 0.15) is 6.04 Å². The first-order valence-corrected chi connectivity index (χ1v) is 17.1. The Morgan fingerprint density at radius 3 is 1.96 bits per heavy atom. The molecule has 3 atom stereocenters. The number of aliphatic hydroxyl groups excluding tert-OH is 1. The van der Waals surface area contributed by atoms with Gasteiger partial charge < -0.3 is 30.4 Å². The molecule has 0 bridgehead atoms. The van der Waals surface area contributed by atoms with Crippen LogP contribution in [-0.2, 0) is 19.2 Å².